The first-order chi connectivity index (χ1) is 7.06. The van der Waals surface area contributed by atoms with Crippen LogP contribution in [0.15, 0.2) is 0 Å². The largest absolute Gasteiger partial charge is 0.480 e. The SMILES string of the molecule is O=C(O)C(CS(=O)(=O)O)N(C(=O)O)C(=O)O. The van der Waals surface area contributed by atoms with E-state index in [2.05, 4.69) is 0 Å². The molecule has 1 unspecified atom stereocenters. The van der Waals surface area contributed by atoms with Crippen molar-refractivity contribution in [2.45, 2.75) is 6.04 Å². The van der Waals surface area contributed by atoms with E-state index in [1.54, 1.807) is 0 Å². The third-order valence-corrected chi connectivity index (χ3v) is 2.11. The van der Waals surface area contributed by atoms with Crippen molar-refractivity contribution in [1.82, 2.24) is 4.90 Å². The smallest absolute Gasteiger partial charge is 0.417 e. The lowest BCUT2D eigenvalue weighted by Gasteiger charge is -2.19. The first-order valence-electron chi connectivity index (χ1n) is 3.49. The van der Waals surface area contributed by atoms with E-state index in [9.17, 15) is 22.8 Å². The standard InChI is InChI=1S/C5H7NO9S/c7-3(8)2(1-16(13,14)15)6(4(9)10)5(11)12/h2H,1H2,(H,7,8)(H,9,10)(H,11,12)(H,13,14,15). The van der Waals surface area contributed by atoms with Crippen LogP contribution in [0.25, 0.3) is 0 Å². The van der Waals surface area contributed by atoms with E-state index in [1.807, 2.05) is 0 Å². The fourth-order valence-corrected chi connectivity index (χ4v) is 1.49. The molecule has 0 saturated carbocycles. The van der Waals surface area contributed by atoms with Gasteiger partial charge in [0.05, 0.1) is 0 Å². The Morgan fingerprint density at radius 2 is 1.44 bits per heavy atom. The highest BCUT2D eigenvalue weighted by molar-refractivity contribution is 7.85. The molecule has 10 nitrogen and oxygen atoms in total. The highest BCUT2D eigenvalue weighted by Crippen LogP contribution is 2.05. The Morgan fingerprint density at radius 3 is 1.62 bits per heavy atom. The van der Waals surface area contributed by atoms with Gasteiger partial charge >= 0.3 is 18.2 Å². The molecular formula is C5H7NO9S. The molecule has 2 amide bonds. The summed E-state index contributed by atoms with van der Waals surface area (Å²) >= 11 is 0. The van der Waals surface area contributed by atoms with Crippen molar-refractivity contribution in [3.8, 4) is 0 Å². The average Bonchev–Trinajstić information content (AvgIpc) is 1.98. The molecule has 0 fully saturated rings. The molecular weight excluding hydrogens is 250 g/mol. The van der Waals surface area contributed by atoms with E-state index < -0.39 is 45.0 Å². The average molecular weight is 257 g/mol. The molecule has 0 aliphatic rings. The molecule has 11 heteroatoms. The molecule has 92 valence electrons. The van der Waals surface area contributed by atoms with Gasteiger partial charge in [0, 0.05) is 0 Å². The molecule has 0 spiro atoms. The number of amides is 2. The molecule has 0 aliphatic carbocycles. The van der Waals surface area contributed by atoms with Crippen LogP contribution in [0.1, 0.15) is 0 Å². The van der Waals surface area contributed by atoms with Crippen LogP contribution in [-0.4, -0.2) is 63.1 Å². The lowest BCUT2D eigenvalue weighted by Crippen LogP contribution is -2.50. The summed E-state index contributed by atoms with van der Waals surface area (Å²) < 4.78 is 29.1. The van der Waals surface area contributed by atoms with Crippen LogP contribution in [-0.2, 0) is 14.9 Å². The molecule has 0 aromatic rings. The molecule has 0 aromatic heterocycles. The van der Waals surface area contributed by atoms with Gasteiger partial charge in [0.2, 0.25) is 0 Å². The number of hydrogen-bond acceptors (Lipinski definition) is 5. The van der Waals surface area contributed by atoms with Crippen molar-refractivity contribution < 1.29 is 42.7 Å². The van der Waals surface area contributed by atoms with E-state index >= 15 is 0 Å². The predicted octanol–water partition coefficient (Wildman–Crippen LogP) is -1.01. The third-order valence-electron chi connectivity index (χ3n) is 1.38. The minimum Gasteiger partial charge on any atom is -0.480 e. The maximum Gasteiger partial charge on any atom is 0.417 e. The number of imide groups is 1. The molecule has 0 radical (unpaired) electrons. The van der Waals surface area contributed by atoms with Gasteiger partial charge in [-0.1, -0.05) is 0 Å². The zero-order valence-electron chi connectivity index (χ0n) is 7.47. The van der Waals surface area contributed by atoms with Gasteiger partial charge in [-0.25, -0.2) is 14.4 Å². The number of carboxylic acid groups (broad SMARTS) is 3. The topological polar surface area (TPSA) is 170 Å². The van der Waals surface area contributed by atoms with Crippen LogP contribution in [0, 0.1) is 0 Å². The molecule has 0 aromatic carbocycles. The van der Waals surface area contributed by atoms with E-state index in [0.29, 0.717) is 0 Å². The monoisotopic (exact) mass is 257 g/mol. The van der Waals surface area contributed by atoms with Crippen LogP contribution in [0.5, 0.6) is 0 Å². The summed E-state index contributed by atoms with van der Waals surface area (Å²) in [6.07, 6.45) is -4.33. The number of aliphatic carboxylic acids is 1. The Bertz CT molecular complexity index is 398. The first-order valence-corrected chi connectivity index (χ1v) is 5.10. The van der Waals surface area contributed by atoms with E-state index in [0.717, 1.165) is 0 Å². The fourth-order valence-electron chi connectivity index (χ4n) is 0.804. The number of nitrogens with zero attached hydrogens (tertiary/aromatic N) is 1. The lowest BCUT2D eigenvalue weighted by molar-refractivity contribution is -0.141. The van der Waals surface area contributed by atoms with Gasteiger partial charge in [-0.2, -0.15) is 13.3 Å². The number of carbonyl (C=O) groups is 3. The highest BCUT2D eigenvalue weighted by Gasteiger charge is 2.37. The van der Waals surface area contributed by atoms with E-state index in [-0.39, 0.29) is 0 Å². The van der Waals surface area contributed by atoms with Crippen LogP contribution >= 0.6 is 0 Å². The predicted molar refractivity (Wildman–Crippen MR) is 45.7 cm³/mol. The van der Waals surface area contributed by atoms with Crippen molar-refractivity contribution in [1.29, 1.82) is 0 Å². The molecule has 0 heterocycles. The summed E-state index contributed by atoms with van der Waals surface area (Å²) in [5.41, 5.74) is 0. The maximum absolute atomic E-state index is 10.5. The second-order valence-electron chi connectivity index (χ2n) is 2.54. The van der Waals surface area contributed by atoms with Crippen LogP contribution in [0.2, 0.25) is 0 Å². The van der Waals surface area contributed by atoms with Crippen molar-refractivity contribution in [2.75, 3.05) is 5.75 Å². The van der Waals surface area contributed by atoms with Gasteiger partial charge < -0.3 is 15.3 Å². The van der Waals surface area contributed by atoms with Gasteiger partial charge in [-0.15, -0.1) is 0 Å². The molecule has 4 N–H and O–H groups in total. The summed E-state index contributed by atoms with van der Waals surface area (Å²) in [5, 5.41) is 25.2. The number of hydrogen-bond donors (Lipinski definition) is 4. The molecule has 0 rings (SSSR count). The summed E-state index contributed by atoms with van der Waals surface area (Å²) in [7, 11) is -4.83. The van der Waals surface area contributed by atoms with E-state index in [1.165, 1.54) is 0 Å². The Morgan fingerprint density at radius 1 is 1.06 bits per heavy atom. The van der Waals surface area contributed by atoms with Gasteiger partial charge in [-0.3, -0.25) is 4.55 Å². The summed E-state index contributed by atoms with van der Waals surface area (Å²) in [4.78, 5) is 30.6. The van der Waals surface area contributed by atoms with Gasteiger partial charge in [0.25, 0.3) is 10.1 Å². The van der Waals surface area contributed by atoms with Crippen LogP contribution in [0.4, 0.5) is 9.59 Å². The van der Waals surface area contributed by atoms with Crippen molar-refractivity contribution in [3.05, 3.63) is 0 Å². The van der Waals surface area contributed by atoms with Crippen molar-refractivity contribution in [2.24, 2.45) is 0 Å². The van der Waals surface area contributed by atoms with E-state index in [4.69, 9.17) is 19.9 Å². The van der Waals surface area contributed by atoms with Gasteiger partial charge in [-0.05, 0) is 0 Å². The second kappa shape index (κ2) is 4.76. The minimum absolute atomic E-state index is 0.629. The molecule has 1 atom stereocenters. The lowest BCUT2D eigenvalue weighted by atomic mass is 10.3. The van der Waals surface area contributed by atoms with Gasteiger partial charge in [0.15, 0.2) is 6.04 Å². The Kier molecular flexibility index (Phi) is 4.20. The summed E-state index contributed by atoms with van der Waals surface area (Å²) in [6, 6.07) is -2.43. The maximum atomic E-state index is 10.5. The highest BCUT2D eigenvalue weighted by atomic mass is 32.2. The quantitative estimate of drug-likeness (QED) is 0.460. The van der Waals surface area contributed by atoms with Crippen LogP contribution < -0.4 is 0 Å². The fraction of sp³-hybridized carbons (Fsp3) is 0.400. The Balaban J connectivity index is 5.25. The van der Waals surface area contributed by atoms with Crippen molar-refractivity contribution in [3.63, 3.8) is 0 Å². The second-order valence-corrected chi connectivity index (χ2v) is 4.03. The molecule has 0 bridgehead atoms. The Hall–Kier alpha value is -1.88. The number of rotatable bonds is 4. The van der Waals surface area contributed by atoms with Crippen LogP contribution in [0.3, 0.4) is 0 Å². The first kappa shape index (κ1) is 14.1. The Labute approximate surface area is 88.5 Å². The summed E-state index contributed by atoms with van der Waals surface area (Å²) in [5.74, 6) is -3.57. The minimum atomic E-state index is -4.83. The summed E-state index contributed by atoms with van der Waals surface area (Å²) in [6.45, 7) is 0. The zero-order valence-corrected chi connectivity index (χ0v) is 8.29. The number of carboxylic acids is 1. The molecule has 16 heavy (non-hydrogen) atoms. The van der Waals surface area contributed by atoms with Gasteiger partial charge in [0.1, 0.15) is 5.75 Å². The normalized spacial score (nSPS) is 12.8. The third kappa shape index (κ3) is 4.10. The molecule has 0 aliphatic heterocycles. The van der Waals surface area contributed by atoms with Crippen molar-refractivity contribution >= 4 is 28.3 Å². The molecule has 0 saturated heterocycles. The zero-order chi connectivity index (χ0) is 13.1.